The molecule has 0 bridgehead atoms. The normalized spacial score (nSPS) is 10.3. The Bertz CT molecular complexity index is 483. The zero-order valence-corrected chi connectivity index (χ0v) is 8.77. The summed E-state index contributed by atoms with van der Waals surface area (Å²) in [5, 5.41) is 0. The fourth-order valence-electron chi connectivity index (χ4n) is 1.52. The standard InChI is InChI=1S/C12H12N2O/c1-9-3-5-12(6-4-9)14-7-11(8-15)13-10(14)2/h3-8H,1-2H3. The summed E-state index contributed by atoms with van der Waals surface area (Å²) in [7, 11) is 0. The van der Waals surface area contributed by atoms with Gasteiger partial charge in [-0.05, 0) is 26.0 Å². The lowest BCUT2D eigenvalue weighted by Crippen LogP contribution is -1.94. The first-order valence-electron chi connectivity index (χ1n) is 4.79. The van der Waals surface area contributed by atoms with Crippen LogP contribution in [0.25, 0.3) is 5.69 Å². The molecule has 0 atom stereocenters. The number of benzene rings is 1. The van der Waals surface area contributed by atoms with Gasteiger partial charge in [-0.1, -0.05) is 17.7 Å². The highest BCUT2D eigenvalue weighted by Gasteiger charge is 2.04. The molecule has 0 aliphatic carbocycles. The van der Waals surface area contributed by atoms with Crippen LogP contribution >= 0.6 is 0 Å². The third-order valence-electron chi connectivity index (χ3n) is 2.33. The number of aryl methyl sites for hydroxylation is 2. The Labute approximate surface area is 88.4 Å². The van der Waals surface area contributed by atoms with Crippen LogP contribution in [0.1, 0.15) is 21.9 Å². The van der Waals surface area contributed by atoms with Gasteiger partial charge in [0.1, 0.15) is 11.5 Å². The highest BCUT2D eigenvalue weighted by molar-refractivity contribution is 5.71. The largest absolute Gasteiger partial charge is 0.303 e. The third kappa shape index (κ3) is 1.81. The average molecular weight is 200 g/mol. The molecule has 0 aliphatic rings. The van der Waals surface area contributed by atoms with Crippen LogP contribution in [-0.2, 0) is 0 Å². The Kier molecular flexibility index (Phi) is 2.37. The molecule has 1 aromatic carbocycles. The van der Waals surface area contributed by atoms with Gasteiger partial charge in [0.25, 0.3) is 0 Å². The molecular formula is C12H12N2O. The topological polar surface area (TPSA) is 34.9 Å². The Morgan fingerprint density at radius 1 is 1.20 bits per heavy atom. The van der Waals surface area contributed by atoms with Crippen molar-refractivity contribution in [3.63, 3.8) is 0 Å². The number of hydrogen-bond donors (Lipinski definition) is 0. The summed E-state index contributed by atoms with van der Waals surface area (Å²) in [4.78, 5) is 14.7. The highest BCUT2D eigenvalue weighted by atomic mass is 16.1. The second kappa shape index (κ2) is 3.69. The molecule has 2 aromatic rings. The zero-order chi connectivity index (χ0) is 10.8. The van der Waals surface area contributed by atoms with Crippen LogP contribution in [-0.4, -0.2) is 15.8 Å². The third-order valence-corrected chi connectivity index (χ3v) is 2.33. The van der Waals surface area contributed by atoms with Gasteiger partial charge in [0, 0.05) is 11.9 Å². The number of imidazole rings is 1. The molecule has 1 heterocycles. The monoisotopic (exact) mass is 200 g/mol. The number of aromatic nitrogens is 2. The molecule has 3 nitrogen and oxygen atoms in total. The van der Waals surface area contributed by atoms with Gasteiger partial charge in [-0.2, -0.15) is 0 Å². The molecule has 0 radical (unpaired) electrons. The lowest BCUT2D eigenvalue weighted by Gasteiger charge is -2.04. The van der Waals surface area contributed by atoms with E-state index in [9.17, 15) is 4.79 Å². The number of aldehydes is 1. The van der Waals surface area contributed by atoms with Crippen molar-refractivity contribution in [2.75, 3.05) is 0 Å². The van der Waals surface area contributed by atoms with Crippen LogP contribution in [0, 0.1) is 13.8 Å². The highest BCUT2D eigenvalue weighted by Crippen LogP contribution is 2.12. The van der Waals surface area contributed by atoms with Crippen molar-refractivity contribution in [2.45, 2.75) is 13.8 Å². The first-order valence-corrected chi connectivity index (χ1v) is 4.79. The fourth-order valence-corrected chi connectivity index (χ4v) is 1.52. The number of rotatable bonds is 2. The van der Waals surface area contributed by atoms with Crippen molar-refractivity contribution in [1.29, 1.82) is 0 Å². The summed E-state index contributed by atoms with van der Waals surface area (Å²) in [5.41, 5.74) is 2.71. The van der Waals surface area contributed by atoms with E-state index < -0.39 is 0 Å². The van der Waals surface area contributed by atoms with Crippen LogP contribution in [0.3, 0.4) is 0 Å². The Balaban J connectivity index is 2.48. The maximum Gasteiger partial charge on any atom is 0.170 e. The molecule has 0 unspecified atom stereocenters. The summed E-state index contributed by atoms with van der Waals surface area (Å²) in [6, 6.07) is 8.10. The van der Waals surface area contributed by atoms with Crippen molar-refractivity contribution >= 4 is 6.29 Å². The molecule has 0 aliphatic heterocycles. The maximum absolute atomic E-state index is 10.6. The lowest BCUT2D eigenvalue weighted by molar-refractivity contribution is 0.111. The smallest absolute Gasteiger partial charge is 0.170 e. The van der Waals surface area contributed by atoms with E-state index in [0.29, 0.717) is 5.69 Å². The van der Waals surface area contributed by atoms with Crippen LogP contribution in [0.4, 0.5) is 0 Å². The molecule has 76 valence electrons. The minimum absolute atomic E-state index is 0.466. The molecule has 1 aromatic heterocycles. The van der Waals surface area contributed by atoms with Crippen LogP contribution in [0.2, 0.25) is 0 Å². The van der Waals surface area contributed by atoms with Crippen molar-refractivity contribution in [3.05, 3.63) is 47.5 Å². The van der Waals surface area contributed by atoms with E-state index in [-0.39, 0.29) is 0 Å². The molecule has 3 heteroatoms. The molecule has 2 rings (SSSR count). The predicted octanol–water partition coefficient (Wildman–Crippen LogP) is 2.30. The molecule has 0 spiro atoms. The fraction of sp³-hybridized carbons (Fsp3) is 0.167. The van der Waals surface area contributed by atoms with Crippen molar-refractivity contribution in [2.24, 2.45) is 0 Å². The molecular weight excluding hydrogens is 188 g/mol. The molecule has 15 heavy (non-hydrogen) atoms. The van der Waals surface area contributed by atoms with Crippen molar-refractivity contribution in [3.8, 4) is 5.69 Å². The Hall–Kier alpha value is -1.90. The van der Waals surface area contributed by atoms with Gasteiger partial charge in [-0.3, -0.25) is 4.79 Å². The summed E-state index contributed by atoms with van der Waals surface area (Å²) in [6.07, 6.45) is 2.50. The quantitative estimate of drug-likeness (QED) is 0.697. The van der Waals surface area contributed by atoms with Gasteiger partial charge in [0.05, 0.1) is 0 Å². The van der Waals surface area contributed by atoms with Gasteiger partial charge in [0.2, 0.25) is 0 Å². The second-order valence-electron chi connectivity index (χ2n) is 3.54. The summed E-state index contributed by atoms with van der Waals surface area (Å²) >= 11 is 0. The van der Waals surface area contributed by atoms with Gasteiger partial charge in [-0.25, -0.2) is 4.98 Å². The lowest BCUT2D eigenvalue weighted by atomic mass is 10.2. The minimum atomic E-state index is 0.466. The van der Waals surface area contributed by atoms with E-state index in [2.05, 4.69) is 4.98 Å². The SMILES string of the molecule is Cc1ccc(-n2cc(C=O)nc2C)cc1. The molecule has 0 saturated carbocycles. The van der Waals surface area contributed by atoms with Gasteiger partial charge < -0.3 is 4.57 Å². The van der Waals surface area contributed by atoms with Crippen molar-refractivity contribution < 1.29 is 4.79 Å². The zero-order valence-electron chi connectivity index (χ0n) is 8.77. The van der Waals surface area contributed by atoms with E-state index in [4.69, 9.17) is 0 Å². The minimum Gasteiger partial charge on any atom is -0.303 e. The van der Waals surface area contributed by atoms with Crippen LogP contribution < -0.4 is 0 Å². The summed E-state index contributed by atoms with van der Waals surface area (Å²) in [5.74, 6) is 0.820. The maximum atomic E-state index is 10.6. The second-order valence-corrected chi connectivity index (χ2v) is 3.54. The van der Waals surface area contributed by atoms with E-state index in [1.54, 1.807) is 6.20 Å². The molecule has 0 amide bonds. The number of carbonyl (C=O) groups is 1. The van der Waals surface area contributed by atoms with E-state index in [1.807, 2.05) is 42.7 Å². The average Bonchev–Trinajstić information content (AvgIpc) is 2.61. The first-order chi connectivity index (χ1) is 7.20. The predicted molar refractivity (Wildman–Crippen MR) is 58.4 cm³/mol. The first kappa shape index (κ1) is 9.65. The van der Waals surface area contributed by atoms with Gasteiger partial charge in [-0.15, -0.1) is 0 Å². The molecule has 0 fully saturated rings. The summed E-state index contributed by atoms with van der Waals surface area (Å²) in [6.45, 7) is 3.92. The van der Waals surface area contributed by atoms with Gasteiger partial charge in [0.15, 0.2) is 6.29 Å². The number of hydrogen-bond acceptors (Lipinski definition) is 2. The van der Waals surface area contributed by atoms with E-state index in [0.717, 1.165) is 17.8 Å². The van der Waals surface area contributed by atoms with Gasteiger partial charge >= 0.3 is 0 Å². The summed E-state index contributed by atoms with van der Waals surface area (Å²) < 4.78 is 1.91. The number of carbonyl (C=O) groups excluding carboxylic acids is 1. The Morgan fingerprint density at radius 2 is 1.87 bits per heavy atom. The van der Waals surface area contributed by atoms with Crippen LogP contribution in [0.15, 0.2) is 30.5 Å². The van der Waals surface area contributed by atoms with Crippen molar-refractivity contribution in [1.82, 2.24) is 9.55 Å². The Morgan fingerprint density at radius 3 is 2.40 bits per heavy atom. The molecule has 0 saturated heterocycles. The molecule has 0 N–H and O–H groups in total. The number of nitrogens with zero attached hydrogens (tertiary/aromatic N) is 2. The van der Waals surface area contributed by atoms with Crippen LogP contribution in [0.5, 0.6) is 0 Å². The van der Waals surface area contributed by atoms with E-state index >= 15 is 0 Å². The van der Waals surface area contributed by atoms with E-state index in [1.165, 1.54) is 5.56 Å².